The zero-order valence-corrected chi connectivity index (χ0v) is 8.32. The van der Waals surface area contributed by atoms with Gasteiger partial charge in [-0.05, 0) is 19.4 Å². The molecule has 5 heteroatoms. The molecule has 5 nitrogen and oxygen atoms in total. The van der Waals surface area contributed by atoms with E-state index < -0.39 is 0 Å². The molecule has 0 fully saturated rings. The van der Waals surface area contributed by atoms with E-state index in [1.165, 1.54) is 25.5 Å². The number of anilines is 1. The van der Waals surface area contributed by atoms with Gasteiger partial charge in [0.1, 0.15) is 12.7 Å². The van der Waals surface area contributed by atoms with Gasteiger partial charge < -0.3 is 11.1 Å². The first kappa shape index (κ1) is 10.8. The Hall–Kier alpha value is -1.23. The maximum atomic E-state index is 5.39. The molecule has 3 N–H and O–H groups in total. The molecule has 1 aromatic rings. The minimum absolute atomic E-state index is 0.652. The van der Waals surface area contributed by atoms with Crippen LogP contribution in [0.5, 0.6) is 0 Å². The maximum absolute atomic E-state index is 5.39. The van der Waals surface area contributed by atoms with Gasteiger partial charge in [-0.2, -0.15) is 0 Å². The summed E-state index contributed by atoms with van der Waals surface area (Å²) in [4.78, 5) is 11.7. The molecule has 0 aromatic carbocycles. The van der Waals surface area contributed by atoms with Crippen LogP contribution in [0.2, 0.25) is 0 Å². The largest absolute Gasteiger partial charge is 0.354 e. The highest BCUT2D eigenvalue weighted by molar-refractivity contribution is 5.19. The summed E-state index contributed by atoms with van der Waals surface area (Å²) >= 11 is 0. The van der Waals surface area contributed by atoms with Crippen molar-refractivity contribution in [3.63, 3.8) is 0 Å². The van der Waals surface area contributed by atoms with Crippen molar-refractivity contribution >= 4 is 5.95 Å². The van der Waals surface area contributed by atoms with E-state index in [4.69, 9.17) is 5.73 Å². The molecule has 0 saturated carbocycles. The number of nitrogens with one attached hydrogen (secondary N) is 1. The van der Waals surface area contributed by atoms with Crippen LogP contribution in [0, 0.1) is 0 Å². The Morgan fingerprint density at radius 2 is 1.79 bits per heavy atom. The number of hydrogen-bond acceptors (Lipinski definition) is 5. The maximum Gasteiger partial charge on any atom is 0.225 e. The molecule has 0 aliphatic rings. The molecule has 0 aliphatic carbocycles. The lowest BCUT2D eigenvalue weighted by Gasteiger charge is -2.02. The van der Waals surface area contributed by atoms with Crippen LogP contribution in [0.3, 0.4) is 0 Å². The predicted molar refractivity (Wildman–Crippen MR) is 55.8 cm³/mol. The molecule has 0 radical (unpaired) electrons. The Balaban J connectivity index is 1.99. The van der Waals surface area contributed by atoms with Gasteiger partial charge in [-0.3, -0.25) is 0 Å². The molecule has 0 unspecified atom stereocenters. The summed E-state index contributed by atoms with van der Waals surface area (Å²) in [6.45, 7) is 1.70. The summed E-state index contributed by atoms with van der Waals surface area (Å²) in [5.74, 6) is 0.652. The van der Waals surface area contributed by atoms with Crippen molar-refractivity contribution in [3.8, 4) is 0 Å². The number of aromatic nitrogens is 3. The molecular formula is C9H17N5. The molecule has 0 aliphatic heterocycles. The summed E-state index contributed by atoms with van der Waals surface area (Å²) in [6, 6.07) is 0. The number of unbranched alkanes of at least 4 members (excludes halogenated alkanes) is 3. The Bertz CT molecular complexity index is 226. The zero-order chi connectivity index (χ0) is 10.1. The second-order valence-corrected chi connectivity index (χ2v) is 3.09. The van der Waals surface area contributed by atoms with Gasteiger partial charge in [0.15, 0.2) is 0 Å². The van der Waals surface area contributed by atoms with Crippen LogP contribution in [0.25, 0.3) is 0 Å². The van der Waals surface area contributed by atoms with E-state index >= 15 is 0 Å². The lowest BCUT2D eigenvalue weighted by molar-refractivity contribution is 0.660. The van der Waals surface area contributed by atoms with E-state index in [9.17, 15) is 0 Å². The van der Waals surface area contributed by atoms with Crippen molar-refractivity contribution < 1.29 is 0 Å². The van der Waals surface area contributed by atoms with Crippen LogP contribution in [0.1, 0.15) is 25.7 Å². The zero-order valence-electron chi connectivity index (χ0n) is 8.32. The van der Waals surface area contributed by atoms with Gasteiger partial charge in [-0.25, -0.2) is 15.0 Å². The van der Waals surface area contributed by atoms with E-state index in [0.717, 1.165) is 25.9 Å². The molecular weight excluding hydrogens is 178 g/mol. The van der Waals surface area contributed by atoms with Crippen LogP contribution >= 0.6 is 0 Å². The van der Waals surface area contributed by atoms with Crippen LogP contribution in [0.4, 0.5) is 5.95 Å². The lowest BCUT2D eigenvalue weighted by atomic mass is 10.2. The van der Waals surface area contributed by atoms with Gasteiger partial charge in [0, 0.05) is 6.54 Å². The normalized spacial score (nSPS) is 10.1. The highest BCUT2D eigenvalue weighted by Crippen LogP contribution is 1.99. The summed E-state index contributed by atoms with van der Waals surface area (Å²) in [6.07, 6.45) is 7.63. The summed E-state index contributed by atoms with van der Waals surface area (Å²) in [7, 11) is 0. The fourth-order valence-electron chi connectivity index (χ4n) is 1.15. The van der Waals surface area contributed by atoms with Crippen LogP contribution in [-0.4, -0.2) is 28.0 Å². The Morgan fingerprint density at radius 3 is 2.50 bits per heavy atom. The summed E-state index contributed by atoms with van der Waals surface area (Å²) in [5.41, 5.74) is 5.39. The molecule has 14 heavy (non-hydrogen) atoms. The van der Waals surface area contributed by atoms with Crippen molar-refractivity contribution in [2.45, 2.75) is 25.7 Å². The monoisotopic (exact) mass is 195 g/mol. The highest BCUT2D eigenvalue weighted by atomic mass is 15.1. The molecule has 78 valence electrons. The van der Waals surface area contributed by atoms with E-state index in [2.05, 4.69) is 20.3 Å². The van der Waals surface area contributed by atoms with E-state index in [1.54, 1.807) is 0 Å². The molecule has 1 rings (SSSR count). The topological polar surface area (TPSA) is 76.7 Å². The lowest BCUT2D eigenvalue weighted by Crippen LogP contribution is -2.05. The Morgan fingerprint density at radius 1 is 1.07 bits per heavy atom. The van der Waals surface area contributed by atoms with Crippen molar-refractivity contribution in [3.05, 3.63) is 12.7 Å². The van der Waals surface area contributed by atoms with Gasteiger partial charge >= 0.3 is 0 Å². The van der Waals surface area contributed by atoms with Crippen molar-refractivity contribution in [2.24, 2.45) is 5.73 Å². The number of rotatable bonds is 7. The number of nitrogens with zero attached hydrogens (tertiary/aromatic N) is 3. The van der Waals surface area contributed by atoms with Crippen LogP contribution in [-0.2, 0) is 0 Å². The molecule has 0 saturated heterocycles. The Labute approximate surface area is 84.2 Å². The third-order valence-corrected chi connectivity index (χ3v) is 1.91. The second kappa shape index (κ2) is 7.20. The van der Waals surface area contributed by atoms with Crippen LogP contribution < -0.4 is 11.1 Å². The average molecular weight is 195 g/mol. The van der Waals surface area contributed by atoms with E-state index in [0.29, 0.717) is 5.95 Å². The van der Waals surface area contributed by atoms with E-state index in [1.807, 2.05) is 0 Å². The third kappa shape index (κ3) is 4.71. The second-order valence-electron chi connectivity index (χ2n) is 3.09. The van der Waals surface area contributed by atoms with Gasteiger partial charge in [0.2, 0.25) is 5.95 Å². The van der Waals surface area contributed by atoms with Gasteiger partial charge in [-0.15, -0.1) is 0 Å². The van der Waals surface area contributed by atoms with Crippen molar-refractivity contribution in [1.29, 1.82) is 0 Å². The Kier molecular flexibility index (Phi) is 5.58. The van der Waals surface area contributed by atoms with Gasteiger partial charge in [-0.1, -0.05) is 12.8 Å². The minimum Gasteiger partial charge on any atom is -0.354 e. The van der Waals surface area contributed by atoms with Crippen molar-refractivity contribution in [2.75, 3.05) is 18.4 Å². The van der Waals surface area contributed by atoms with Crippen molar-refractivity contribution in [1.82, 2.24) is 15.0 Å². The fourth-order valence-corrected chi connectivity index (χ4v) is 1.15. The SMILES string of the molecule is NCCCCCCNc1ncncn1. The van der Waals surface area contributed by atoms with Crippen LogP contribution in [0.15, 0.2) is 12.7 Å². The average Bonchev–Trinajstić information content (AvgIpc) is 2.25. The quantitative estimate of drug-likeness (QED) is 0.629. The molecule has 1 heterocycles. The molecule has 0 atom stereocenters. The molecule has 1 aromatic heterocycles. The predicted octanol–water partition coefficient (Wildman–Crippen LogP) is 0.803. The number of hydrogen-bond donors (Lipinski definition) is 2. The first-order chi connectivity index (χ1) is 6.93. The molecule has 0 spiro atoms. The molecule has 0 bridgehead atoms. The summed E-state index contributed by atoms with van der Waals surface area (Å²) < 4.78 is 0. The standard InChI is InChI=1S/C9H17N5/c10-5-3-1-2-4-6-12-9-13-7-11-8-14-9/h7-8H,1-6,10H2,(H,11,12,13,14). The van der Waals surface area contributed by atoms with E-state index in [-0.39, 0.29) is 0 Å². The van der Waals surface area contributed by atoms with Gasteiger partial charge in [0.05, 0.1) is 0 Å². The third-order valence-electron chi connectivity index (χ3n) is 1.91. The minimum atomic E-state index is 0.652. The first-order valence-electron chi connectivity index (χ1n) is 4.99. The van der Waals surface area contributed by atoms with Gasteiger partial charge in [0.25, 0.3) is 0 Å². The smallest absolute Gasteiger partial charge is 0.225 e. The number of nitrogens with two attached hydrogens (primary N) is 1. The first-order valence-corrected chi connectivity index (χ1v) is 4.99. The highest BCUT2D eigenvalue weighted by Gasteiger charge is 1.92. The molecule has 0 amide bonds. The fraction of sp³-hybridized carbons (Fsp3) is 0.667. The summed E-state index contributed by atoms with van der Waals surface area (Å²) in [5, 5.41) is 3.13.